The average molecular weight is 266 g/mol. The third kappa shape index (κ3) is 1.45. The van der Waals surface area contributed by atoms with Gasteiger partial charge in [0.2, 0.25) is 0 Å². The van der Waals surface area contributed by atoms with Crippen LogP contribution in [0.25, 0.3) is 0 Å². The second-order valence-electron chi connectivity index (χ2n) is 4.50. The molecule has 3 heteroatoms. The molecule has 0 amide bonds. The average Bonchev–Trinajstić information content (AvgIpc) is 2.99. The molecular weight excluding hydrogens is 254 g/mol. The van der Waals surface area contributed by atoms with Crippen LogP contribution < -0.4 is 5.32 Å². The zero-order chi connectivity index (χ0) is 10.5. The zero-order valence-electron chi connectivity index (χ0n) is 8.35. The monoisotopic (exact) mass is 265 g/mol. The number of nitrogens with one attached hydrogen (secondary N) is 1. The first-order valence-electron chi connectivity index (χ1n) is 5.25. The van der Waals surface area contributed by atoms with Crippen molar-refractivity contribution >= 4 is 21.7 Å². The van der Waals surface area contributed by atoms with Gasteiger partial charge in [-0.1, -0.05) is 22.0 Å². The molecule has 1 saturated carbocycles. The number of hydrogen-bond acceptors (Lipinski definition) is 2. The van der Waals surface area contributed by atoms with E-state index in [9.17, 15) is 4.79 Å². The van der Waals surface area contributed by atoms with E-state index < -0.39 is 0 Å². The summed E-state index contributed by atoms with van der Waals surface area (Å²) in [6.45, 7) is 1.43. The minimum atomic E-state index is 0.218. The molecule has 1 aromatic rings. The predicted molar refractivity (Wildman–Crippen MR) is 62.3 cm³/mol. The fraction of sp³-hybridized carbons (Fsp3) is 0.417. The number of carbonyl (C=O) groups excluding carboxylic acids is 1. The molecule has 78 valence electrons. The Balaban J connectivity index is 2.19. The molecule has 0 atom stereocenters. The normalized spacial score (nSPS) is 22.3. The number of fused-ring (bicyclic) bond motifs is 2. The van der Waals surface area contributed by atoms with E-state index in [1.807, 2.05) is 12.1 Å². The molecular formula is C12H12BrNO. The maximum absolute atomic E-state index is 11.9. The standard InChI is InChI=1S/C12H12BrNO/c13-8-1-2-10-9(5-8)11(15)6-14-7-12(10)3-4-12/h1-2,5,14H,3-4,6-7H2. The van der Waals surface area contributed by atoms with Gasteiger partial charge in [0, 0.05) is 22.0 Å². The van der Waals surface area contributed by atoms with Crippen molar-refractivity contribution in [2.45, 2.75) is 18.3 Å². The highest BCUT2D eigenvalue weighted by atomic mass is 79.9. The minimum absolute atomic E-state index is 0.218. The highest BCUT2D eigenvalue weighted by molar-refractivity contribution is 9.10. The number of rotatable bonds is 0. The Hall–Kier alpha value is -0.670. The van der Waals surface area contributed by atoms with E-state index in [0.29, 0.717) is 6.54 Å². The number of benzene rings is 1. The summed E-state index contributed by atoms with van der Waals surface area (Å²) in [4.78, 5) is 11.9. The van der Waals surface area contributed by atoms with Gasteiger partial charge < -0.3 is 5.32 Å². The molecule has 1 heterocycles. The molecule has 1 aromatic carbocycles. The van der Waals surface area contributed by atoms with Gasteiger partial charge in [-0.3, -0.25) is 4.79 Å². The Labute approximate surface area is 97.2 Å². The third-order valence-electron chi connectivity index (χ3n) is 3.46. The van der Waals surface area contributed by atoms with Gasteiger partial charge in [0.25, 0.3) is 0 Å². The molecule has 1 spiro atoms. The minimum Gasteiger partial charge on any atom is -0.309 e. The highest BCUT2D eigenvalue weighted by Crippen LogP contribution is 2.49. The van der Waals surface area contributed by atoms with Crippen LogP contribution in [0.15, 0.2) is 22.7 Å². The van der Waals surface area contributed by atoms with Gasteiger partial charge in [-0.15, -0.1) is 0 Å². The summed E-state index contributed by atoms with van der Waals surface area (Å²) < 4.78 is 0.993. The largest absolute Gasteiger partial charge is 0.309 e. The fourth-order valence-corrected chi connectivity index (χ4v) is 2.77. The molecule has 0 aromatic heterocycles. The SMILES string of the molecule is O=C1CNCC2(CC2)c2ccc(Br)cc21. The molecule has 0 saturated heterocycles. The summed E-state index contributed by atoms with van der Waals surface area (Å²) in [7, 11) is 0. The smallest absolute Gasteiger partial charge is 0.176 e. The van der Waals surface area contributed by atoms with Crippen molar-refractivity contribution in [2.75, 3.05) is 13.1 Å². The molecule has 0 unspecified atom stereocenters. The quantitative estimate of drug-likeness (QED) is 0.780. The zero-order valence-corrected chi connectivity index (χ0v) is 9.93. The summed E-state index contributed by atoms with van der Waals surface area (Å²) >= 11 is 3.43. The van der Waals surface area contributed by atoms with Crippen LogP contribution in [0.3, 0.4) is 0 Å². The van der Waals surface area contributed by atoms with Crippen molar-refractivity contribution in [2.24, 2.45) is 0 Å². The molecule has 1 aliphatic heterocycles. The molecule has 15 heavy (non-hydrogen) atoms. The number of hydrogen-bond donors (Lipinski definition) is 1. The number of carbonyl (C=O) groups is 1. The van der Waals surface area contributed by atoms with Gasteiger partial charge in [0.05, 0.1) is 6.54 Å². The predicted octanol–water partition coefficient (Wildman–Crippen LogP) is 2.27. The van der Waals surface area contributed by atoms with E-state index in [4.69, 9.17) is 0 Å². The van der Waals surface area contributed by atoms with Crippen LogP contribution >= 0.6 is 15.9 Å². The van der Waals surface area contributed by atoms with Crippen molar-refractivity contribution in [1.82, 2.24) is 5.32 Å². The maximum atomic E-state index is 11.9. The van der Waals surface area contributed by atoms with Crippen LogP contribution in [0.1, 0.15) is 28.8 Å². The first-order valence-corrected chi connectivity index (χ1v) is 6.05. The summed E-state index contributed by atoms with van der Waals surface area (Å²) in [5.74, 6) is 0.218. The molecule has 2 nitrogen and oxygen atoms in total. The molecule has 2 aliphatic rings. The maximum Gasteiger partial charge on any atom is 0.176 e. The van der Waals surface area contributed by atoms with Gasteiger partial charge in [-0.25, -0.2) is 0 Å². The molecule has 1 fully saturated rings. The van der Waals surface area contributed by atoms with Crippen molar-refractivity contribution < 1.29 is 4.79 Å². The number of ketones is 1. The summed E-state index contributed by atoms with van der Waals surface area (Å²) in [6, 6.07) is 6.11. The summed E-state index contributed by atoms with van der Waals surface area (Å²) in [5, 5.41) is 3.25. The van der Waals surface area contributed by atoms with E-state index in [1.165, 1.54) is 18.4 Å². The van der Waals surface area contributed by atoms with Gasteiger partial charge in [-0.2, -0.15) is 0 Å². The van der Waals surface area contributed by atoms with E-state index in [0.717, 1.165) is 16.6 Å². The van der Waals surface area contributed by atoms with Crippen molar-refractivity contribution in [3.8, 4) is 0 Å². The molecule has 0 bridgehead atoms. The number of halogens is 1. The Morgan fingerprint density at radius 1 is 1.33 bits per heavy atom. The first kappa shape index (κ1) is 9.55. The molecule has 1 aliphatic carbocycles. The Morgan fingerprint density at radius 3 is 2.87 bits per heavy atom. The second kappa shape index (κ2) is 3.16. The summed E-state index contributed by atoms with van der Waals surface area (Å²) in [5.41, 5.74) is 2.43. The lowest BCUT2D eigenvalue weighted by atomic mass is 9.91. The van der Waals surface area contributed by atoms with Crippen molar-refractivity contribution in [3.05, 3.63) is 33.8 Å². The number of Topliss-reactive ketones (excluding diaryl/α,β-unsaturated/α-hetero) is 1. The lowest BCUT2D eigenvalue weighted by Gasteiger charge is -2.14. The van der Waals surface area contributed by atoms with Crippen LogP contribution in [0.5, 0.6) is 0 Å². The molecule has 0 radical (unpaired) electrons. The molecule has 3 rings (SSSR count). The van der Waals surface area contributed by atoms with Crippen LogP contribution in [-0.4, -0.2) is 18.9 Å². The third-order valence-corrected chi connectivity index (χ3v) is 3.95. The lowest BCUT2D eigenvalue weighted by Crippen LogP contribution is -2.26. The van der Waals surface area contributed by atoms with E-state index in [1.54, 1.807) is 0 Å². The van der Waals surface area contributed by atoms with Gasteiger partial charge >= 0.3 is 0 Å². The Bertz CT molecular complexity index is 437. The fourth-order valence-electron chi connectivity index (χ4n) is 2.41. The van der Waals surface area contributed by atoms with Crippen LogP contribution in [0.4, 0.5) is 0 Å². The Morgan fingerprint density at radius 2 is 2.13 bits per heavy atom. The highest BCUT2D eigenvalue weighted by Gasteiger charge is 2.47. The van der Waals surface area contributed by atoms with Crippen LogP contribution in [-0.2, 0) is 5.41 Å². The van der Waals surface area contributed by atoms with Gasteiger partial charge in [0.15, 0.2) is 5.78 Å². The summed E-state index contributed by atoms with van der Waals surface area (Å²) in [6.07, 6.45) is 2.42. The molecule has 1 N–H and O–H groups in total. The first-order chi connectivity index (χ1) is 7.21. The Kier molecular flexibility index (Phi) is 2.01. The van der Waals surface area contributed by atoms with E-state index >= 15 is 0 Å². The topological polar surface area (TPSA) is 29.1 Å². The van der Waals surface area contributed by atoms with E-state index in [-0.39, 0.29) is 11.2 Å². The van der Waals surface area contributed by atoms with Crippen LogP contribution in [0, 0.1) is 0 Å². The second-order valence-corrected chi connectivity index (χ2v) is 5.41. The van der Waals surface area contributed by atoms with Crippen molar-refractivity contribution in [1.29, 1.82) is 0 Å². The van der Waals surface area contributed by atoms with E-state index in [2.05, 4.69) is 27.3 Å². The van der Waals surface area contributed by atoms with Gasteiger partial charge in [-0.05, 0) is 30.5 Å². The van der Waals surface area contributed by atoms with Crippen molar-refractivity contribution in [3.63, 3.8) is 0 Å². The lowest BCUT2D eigenvalue weighted by molar-refractivity contribution is 0.0994. The van der Waals surface area contributed by atoms with Gasteiger partial charge in [0.1, 0.15) is 0 Å². The van der Waals surface area contributed by atoms with Crippen LogP contribution in [0.2, 0.25) is 0 Å².